The molecule has 0 saturated heterocycles. The molecule has 0 aliphatic heterocycles. The van der Waals surface area contributed by atoms with Crippen molar-refractivity contribution >= 4 is 5.97 Å². The summed E-state index contributed by atoms with van der Waals surface area (Å²) in [7, 11) is 1.55. The van der Waals surface area contributed by atoms with Gasteiger partial charge < -0.3 is 9.84 Å². The SMILES string of the molecule is CCC(CCc1ccc(-c2ccc(OC)c(C#N)c2)cc1)C[C@@](F)(C(=O)O)C1CCCCC1. The van der Waals surface area contributed by atoms with E-state index in [1.807, 2.05) is 31.2 Å². The number of carbonyl (C=O) groups is 1. The fourth-order valence-corrected chi connectivity index (χ4v) is 5.07. The van der Waals surface area contributed by atoms with Crippen LogP contribution in [0.25, 0.3) is 11.1 Å². The summed E-state index contributed by atoms with van der Waals surface area (Å²) >= 11 is 0. The van der Waals surface area contributed by atoms with Crippen LogP contribution in [0.2, 0.25) is 0 Å². The number of halogens is 1. The van der Waals surface area contributed by atoms with Gasteiger partial charge in [-0.05, 0) is 66.8 Å². The molecule has 2 aromatic carbocycles. The fourth-order valence-electron chi connectivity index (χ4n) is 5.07. The quantitative estimate of drug-likeness (QED) is 0.424. The Balaban J connectivity index is 1.65. The number of benzene rings is 2. The van der Waals surface area contributed by atoms with E-state index in [9.17, 15) is 15.2 Å². The number of nitriles is 1. The summed E-state index contributed by atoms with van der Waals surface area (Å²) < 4.78 is 20.9. The largest absolute Gasteiger partial charge is 0.495 e. The number of hydrogen-bond acceptors (Lipinski definition) is 3. The van der Waals surface area contributed by atoms with E-state index in [0.717, 1.165) is 55.2 Å². The van der Waals surface area contributed by atoms with Gasteiger partial charge in [-0.3, -0.25) is 0 Å². The minimum absolute atomic E-state index is 0.0347. The van der Waals surface area contributed by atoms with Crippen LogP contribution in [0.3, 0.4) is 0 Å². The van der Waals surface area contributed by atoms with Crippen LogP contribution in [0.1, 0.15) is 69.4 Å². The van der Waals surface area contributed by atoms with Crippen LogP contribution in [-0.2, 0) is 11.2 Å². The lowest BCUT2D eigenvalue weighted by atomic mass is 9.73. The van der Waals surface area contributed by atoms with Gasteiger partial charge in [0, 0.05) is 5.92 Å². The fraction of sp³-hybridized carbons (Fsp3) is 0.500. The van der Waals surface area contributed by atoms with Crippen LogP contribution >= 0.6 is 0 Å². The number of hydrogen-bond donors (Lipinski definition) is 1. The number of carboxylic acid groups (broad SMARTS) is 1. The molecule has 2 aromatic rings. The van der Waals surface area contributed by atoms with Gasteiger partial charge in [-0.1, -0.05) is 62.9 Å². The van der Waals surface area contributed by atoms with E-state index in [-0.39, 0.29) is 18.3 Å². The van der Waals surface area contributed by atoms with Gasteiger partial charge in [0.05, 0.1) is 12.7 Å². The van der Waals surface area contributed by atoms with Crippen LogP contribution < -0.4 is 4.74 Å². The third-order valence-electron chi connectivity index (χ3n) is 7.22. The van der Waals surface area contributed by atoms with E-state index in [1.165, 1.54) is 0 Å². The minimum Gasteiger partial charge on any atom is -0.495 e. The van der Waals surface area contributed by atoms with E-state index in [0.29, 0.717) is 24.2 Å². The number of methoxy groups -OCH3 is 1. The first-order chi connectivity index (χ1) is 15.9. The van der Waals surface area contributed by atoms with Gasteiger partial charge in [-0.25, -0.2) is 9.18 Å². The third kappa shape index (κ3) is 5.93. The van der Waals surface area contributed by atoms with Crippen molar-refractivity contribution in [3.05, 3.63) is 53.6 Å². The summed E-state index contributed by atoms with van der Waals surface area (Å²) in [6.45, 7) is 2.02. The molecule has 1 saturated carbocycles. The molecular weight excluding hydrogens is 417 g/mol. The number of rotatable bonds is 10. The van der Waals surface area contributed by atoms with Crippen molar-refractivity contribution < 1.29 is 19.0 Å². The molecule has 1 N–H and O–H groups in total. The molecule has 0 heterocycles. The average Bonchev–Trinajstić information content (AvgIpc) is 2.86. The molecule has 3 rings (SSSR count). The highest BCUT2D eigenvalue weighted by Crippen LogP contribution is 2.41. The highest BCUT2D eigenvalue weighted by Gasteiger charge is 2.47. The molecule has 5 heteroatoms. The van der Waals surface area contributed by atoms with Gasteiger partial charge in [0.25, 0.3) is 0 Å². The van der Waals surface area contributed by atoms with Crippen molar-refractivity contribution in [1.29, 1.82) is 5.26 Å². The van der Waals surface area contributed by atoms with Crippen LogP contribution in [0.5, 0.6) is 5.75 Å². The van der Waals surface area contributed by atoms with Crippen LogP contribution in [-0.4, -0.2) is 23.9 Å². The zero-order chi connectivity index (χ0) is 23.8. The van der Waals surface area contributed by atoms with Gasteiger partial charge in [0.1, 0.15) is 11.8 Å². The first-order valence-corrected chi connectivity index (χ1v) is 12.0. The van der Waals surface area contributed by atoms with Crippen molar-refractivity contribution in [2.75, 3.05) is 7.11 Å². The second-order valence-electron chi connectivity index (χ2n) is 9.24. The number of aryl methyl sites for hydroxylation is 1. The lowest BCUT2D eigenvalue weighted by Gasteiger charge is -2.35. The van der Waals surface area contributed by atoms with Crippen molar-refractivity contribution in [3.63, 3.8) is 0 Å². The van der Waals surface area contributed by atoms with E-state index in [1.54, 1.807) is 13.2 Å². The topological polar surface area (TPSA) is 70.3 Å². The smallest absolute Gasteiger partial charge is 0.341 e. The van der Waals surface area contributed by atoms with Crippen molar-refractivity contribution in [2.45, 2.75) is 70.4 Å². The lowest BCUT2D eigenvalue weighted by molar-refractivity contribution is -0.158. The molecule has 0 amide bonds. The molecule has 2 atom stereocenters. The van der Waals surface area contributed by atoms with Crippen molar-refractivity contribution in [2.24, 2.45) is 11.8 Å². The average molecular weight is 452 g/mol. The Morgan fingerprint density at radius 1 is 1.18 bits per heavy atom. The molecule has 0 spiro atoms. The maximum absolute atomic E-state index is 15.7. The van der Waals surface area contributed by atoms with Gasteiger partial charge in [-0.2, -0.15) is 5.26 Å². The monoisotopic (exact) mass is 451 g/mol. The van der Waals surface area contributed by atoms with E-state index < -0.39 is 11.6 Å². The molecule has 4 nitrogen and oxygen atoms in total. The summed E-state index contributed by atoms with van der Waals surface area (Å²) in [5.74, 6) is -1.05. The predicted molar refractivity (Wildman–Crippen MR) is 128 cm³/mol. The second-order valence-corrected chi connectivity index (χ2v) is 9.24. The van der Waals surface area contributed by atoms with Crippen molar-refractivity contribution in [3.8, 4) is 22.9 Å². The highest BCUT2D eigenvalue weighted by molar-refractivity contribution is 5.77. The summed E-state index contributed by atoms with van der Waals surface area (Å²) in [5, 5.41) is 19.0. The molecule has 1 fully saturated rings. The van der Waals surface area contributed by atoms with Crippen LogP contribution in [0.15, 0.2) is 42.5 Å². The van der Waals surface area contributed by atoms with Gasteiger partial charge in [0.15, 0.2) is 0 Å². The Morgan fingerprint density at radius 2 is 1.85 bits per heavy atom. The molecule has 1 aliphatic rings. The normalized spacial score (nSPS) is 17.0. The van der Waals surface area contributed by atoms with Crippen molar-refractivity contribution in [1.82, 2.24) is 0 Å². The Morgan fingerprint density at radius 3 is 2.42 bits per heavy atom. The van der Waals surface area contributed by atoms with Gasteiger partial charge >= 0.3 is 5.97 Å². The number of nitrogens with zero attached hydrogens (tertiary/aromatic N) is 1. The third-order valence-corrected chi connectivity index (χ3v) is 7.22. The summed E-state index contributed by atoms with van der Waals surface area (Å²) in [5.41, 5.74) is 1.48. The van der Waals surface area contributed by atoms with Gasteiger partial charge in [0.2, 0.25) is 5.67 Å². The molecule has 0 radical (unpaired) electrons. The molecule has 33 heavy (non-hydrogen) atoms. The number of carboxylic acids is 1. The van der Waals surface area contributed by atoms with E-state index >= 15 is 4.39 Å². The zero-order valence-corrected chi connectivity index (χ0v) is 19.6. The Kier molecular flexibility index (Phi) is 8.49. The van der Waals surface area contributed by atoms with E-state index in [2.05, 4.69) is 18.2 Å². The first-order valence-electron chi connectivity index (χ1n) is 12.0. The standard InChI is InChI=1S/C28H34FNO3/c1-3-20(18-28(29,27(31)32)25-7-5-4-6-8-25)9-10-21-11-13-22(14-12-21)23-15-16-26(33-2)24(17-23)19-30/h11-17,20,25H,3-10,18H2,1-2H3,(H,31,32)/t20?,28-/m0/s1. The summed E-state index contributed by atoms with van der Waals surface area (Å²) in [6.07, 6.45) is 6.71. The van der Waals surface area contributed by atoms with Gasteiger partial charge in [-0.15, -0.1) is 0 Å². The maximum atomic E-state index is 15.7. The summed E-state index contributed by atoms with van der Waals surface area (Å²) in [4.78, 5) is 11.9. The molecule has 0 bridgehead atoms. The molecular formula is C28H34FNO3. The molecule has 1 unspecified atom stereocenters. The second kappa shape index (κ2) is 11.3. The van der Waals surface area contributed by atoms with E-state index in [4.69, 9.17) is 4.74 Å². The first kappa shape index (κ1) is 24.8. The predicted octanol–water partition coefficient (Wildman–Crippen LogP) is 6.96. The number of ether oxygens (including phenoxy) is 1. The zero-order valence-electron chi connectivity index (χ0n) is 19.6. The van der Waals surface area contributed by atoms with Crippen LogP contribution in [0.4, 0.5) is 4.39 Å². The molecule has 0 aromatic heterocycles. The Labute approximate surface area is 196 Å². The number of aliphatic carboxylic acids is 1. The van der Waals surface area contributed by atoms with Crippen LogP contribution in [0, 0.1) is 23.2 Å². The minimum atomic E-state index is -2.11. The highest BCUT2D eigenvalue weighted by atomic mass is 19.1. The Bertz CT molecular complexity index is 976. The number of alkyl halides is 1. The lowest BCUT2D eigenvalue weighted by Crippen LogP contribution is -2.44. The summed E-state index contributed by atoms with van der Waals surface area (Å²) in [6, 6.07) is 15.9. The Hall–Kier alpha value is -2.87. The molecule has 1 aliphatic carbocycles. The maximum Gasteiger partial charge on any atom is 0.341 e. The molecule has 176 valence electrons.